The maximum Gasteiger partial charge on any atom is 0.270 e. The Morgan fingerprint density at radius 3 is 2.44 bits per heavy atom. The first-order chi connectivity index (χ1) is 12.8. The van der Waals surface area contributed by atoms with Gasteiger partial charge in [-0.25, -0.2) is 0 Å². The van der Waals surface area contributed by atoms with Gasteiger partial charge in [-0.05, 0) is 6.07 Å². The van der Waals surface area contributed by atoms with Gasteiger partial charge in [-0.15, -0.1) is 0 Å². The third-order valence-corrected chi connectivity index (χ3v) is 3.92. The molecule has 0 aliphatic rings. The number of aromatic amines is 1. The Labute approximate surface area is 156 Å². The molecule has 0 aliphatic carbocycles. The van der Waals surface area contributed by atoms with Crippen LogP contribution >= 0.6 is 11.6 Å². The van der Waals surface area contributed by atoms with E-state index in [1.54, 1.807) is 6.07 Å². The standard InChI is InChI=1S/C16H10ClN5O5/c17-13-5-4-11(22(26)27)7-12(13)16(23)18-15-8-14(19-20-15)9-2-1-3-10(6-9)21(24)25/h1-8H,(H2,18,19,20,23). The van der Waals surface area contributed by atoms with E-state index in [0.29, 0.717) is 11.3 Å². The fourth-order valence-electron chi connectivity index (χ4n) is 2.31. The molecule has 10 nitrogen and oxygen atoms in total. The van der Waals surface area contributed by atoms with E-state index >= 15 is 0 Å². The number of benzene rings is 2. The lowest BCUT2D eigenvalue weighted by Crippen LogP contribution is -2.13. The number of nitro groups is 2. The van der Waals surface area contributed by atoms with Gasteiger partial charge in [-0.2, -0.15) is 5.10 Å². The summed E-state index contributed by atoms with van der Waals surface area (Å²) in [6, 6.07) is 10.9. The highest BCUT2D eigenvalue weighted by Gasteiger charge is 2.17. The Morgan fingerprint density at radius 1 is 1.04 bits per heavy atom. The molecule has 0 bridgehead atoms. The Bertz CT molecular complexity index is 1060. The van der Waals surface area contributed by atoms with Crippen molar-refractivity contribution in [3.63, 3.8) is 0 Å². The quantitative estimate of drug-likeness (QED) is 0.503. The van der Waals surface area contributed by atoms with Crippen LogP contribution in [0, 0.1) is 20.2 Å². The molecule has 11 heteroatoms. The van der Waals surface area contributed by atoms with Crippen molar-refractivity contribution in [3.05, 3.63) is 79.3 Å². The van der Waals surface area contributed by atoms with Gasteiger partial charge in [0.15, 0.2) is 5.82 Å². The van der Waals surface area contributed by atoms with Gasteiger partial charge in [0, 0.05) is 35.9 Å². The van der Waals surface area contributed by atoms with Crippen LogP contribution in [0.3, 0.4) is 0 Å². The topological polar surface area (TPSA) is 144 Å². The van der Waals surface area contributed by atoms with Crippen molar-refractivity contribution < 1.29 is 14.6 Å². The molecule has 0 aliphatic heterocycles. The van der Waals surface area contributed by atoms with E-state index in [1.807, 2.05) is 0 Å². The minimum absolute atomic E-state index is 0.0487. The maximum absolute atomic E-state index is 12.3. The van der Waals surface area contributed by atoms with Crippen molar-refractivity contribution >= 4 is 34.7 Å². The molecule has 0 spiro atoms. The molecule has 1 amide bonds. The lowest BCUT2D eigenvalue weighted by atomic mass is 10.1. The van der Waals surface area contributed by atoms with Gasteiger partial charge in [0.2, 0.25) is 0 Å². The van der Waals surface area contributed by atoms with Crippen LogP contribution in [0.4, 0.5) is 17.2 Å². The first-order valence-corrected chi connectivity index (χ1v) is 7.78. The monoisotopic (exact) mass is 387 g/mol. The van der Waals surface area contributed by atoms with Crippen LogP contribution in [-0.2, 0) is 0 Å². The highest BCUT2D eigenvalue weighted by Crippen LogP contribution is 2.26. The van der Waals surface area contributed by atoms with E-state index in [-0.39, 0.29) is 27.8 Å². The number of nitro benzene ring substituents is 2. The number of anilines is 1. The maximum atomic E-state index is 12.3. The molecule has 136 valence electrons. The number of halogens is 1. The molecular formula is C16H10ClN5O5. The number of carbonyl (C=O) groups is 1. The van der Waals surface area contributed by atoms with E-state index in [1.165, 1.54) is 36.4 Å². The number of rotatable bonds is 5. The SMILES string of the molecule is O=C(Nc1cc(-c2cccc([N+](=O)[O-])c2)[nH]n1)c1cc([N+](=O)[O-])ccc1Cl. The second kappa shape index (κ2) is 7.22. The first kappa shape index (κ1) is 18.0. The number of aromatic nitrogens is 2. The fourth-order valence-corrected chi connectivity index (χ4v) is 2.51. The van der Waals surface area contributed by atoms with Gasteiger partial charge >= 0.3 is 0 Å². The zero-order valence-corrected chi connectivity index (χ0v) is 14.1. The summed E-state index contributed by atoms with van der Waals surface area (Å²) in [4.78, 5) is 32.9. The van der Waals surface area contributed by atoms with Gasteiger partial charge in [0.05, 0.1) is 26.1 Å². The molecule has 0 fully saturated rings. The lowest BCUT2D eigenvalue weighted by molar-refractivity contribution is -0.385. The third kappa shape index (κ3) is 3.90. The molecule has 3 rings (SSSR count). The summed E-state index contributed by atoms with van der Waals surface area (Å²) < 4.78 is 0. The van der Waals surface area contributed by atoms with E-state index in [0.717, 1.165) is 6.07 Å². The van der Waals surface area contributed by atoms with Crippen LogP contribution < -0.4 is 5.32 Å². The van der Waals surface area contributed by atoms with Crippen molar-refractivity contribution in [2.24, 2.45) is 0 Å². The Morgan fingerprint density at radius 2 is 1.74 bits per heavy atom. The molecule has 2 N–H and O–H groups in total. The molecule has 2 aromatic carbocycles. The summed E-state index contributed by atoms with van der Waals surface area (Å²) in [5.74, 6) is -0.551. The van der Waals surface area contributed by atoms with E-state index in [2.05, 4.69) is 15.5 Å². The summed E-state index contributed by atoms with van der Waals surface area (Å²) in [6.45, 7) is 0. The van der Waals surface area contributed by atoms with E-state index in [9.17, 15) is 25.0 Å². The van der Waals surface area contributed by atoms with Crippen molar-refractivity contribution in [2.45, 2.75) is 0 Å². The summed E-state index contributed by atoms with van der Waals surface area (Å²) >= 11 is 5.93. The highest BCUT2D eigenvalue weighted by atomic mass is 35.5. The second-order valence-electron chi connectivity index (χ2n) is 5.35. The predicted molar refractivity (Wildman–Crippen MR) is 96.7 cm³/mol. The summed E-state index contributed by atoms with van der Waals surface area (Å²) in [6.07, 6.45) is 0. The molecule has 0 atom stereocenters. The average Bonchev–Trinajstić information content (AvgIpc) is 3.10. The van der Waals surface area contributed by atoms with Crippen molar-refractivity contribution in [2.75, 3.05) is 5.32 Å². The molecule has 27 heavy (non-hydrogen) atoms. The van der Waals surface area contributed by atoms with Gasteiger partial charge in [-0.3, -0.25) is 30.1 Å². The molecule has 1 aromatic heterocycles. The number of H-pyrrole nitrogens is 1. The third-order valence-electron chi connectivity index (χ3n) is 3.59. The van der Waals surface area contributed by atoms with Gasteiger partial charge in [0.1, 0.15) is 0 Å². The van der Waals surface area contributed by atoms with Gasteiger partial charge in [0.25, 0.3) is 17.3 Å². The smallest absolute Gasteiger partial charge is 0.270 e. The van der Waals surface area contributed by atoms with E-state index < -0.39 is 15.8 Å². The van der Waals surface area contributed by atoms with Crippen LogP contribution in [0.5, 0.6) is 0 Å². The Balaban J connectivity index is 1.83. The Kier molecular flexibility index (Phi) is 4.81. The zero-order chi connectivity index (χ0) is 19.6. The molecule has 0 radical (unpaired) electrons. The second-order valence-corrected chi connectivity index (χ2v) is 5.76. The zero-order valence-electron chi connectivity index (χ0n) is 13.4. The molecular weight excluding hydrogens is 378 g/mol. The average molecular weight is 388 g/mol. The largest absolute Gasteiger partial charge is 0.305 e. The lowest BCUT2D eigenvalue weighted by Gasteiger charge is -2.04. The minimum Gasteiger partial charge on any atom is -0.305 e. The van der Waals surface area contributed by atoms with Crippen molar-refractivity contribution in [1.82, 2.24) is 10.2 Å². The van der Waals surface area contributed by atoms with E-state index in [4.69, 9.17) is 11.6 Å². The van der Waals surface area contributed by atoms with Crippen LogP contribution in [0.25, 0.3) is 11.3 Å². The van der Waals surface area contributed by atoms with Gasteiger partial charge in [-0.1, -0.05) is 23.7 Å². The van der Waals surface area contributed by atoms with Crippen molar-refractivity contribution in [1.29, 1.82) is 0 Å². The predicted octanol–water partition coefficient (Wildman–Crippen LogP) is 3.80. The molecule has 0 unspecified atom stereocenters. The molecule has 3 aromatic rings. The fraction of sp³-hybridized carbons (Fsp3) is 0. The normalized spacial score (nSPS) is 10.4. The van der Waals surface area contributed by atoms with Gasteiger partial charge < -0.3 is 5.32 Å². The van der Waals surface area contributed by atoms with Crippen LogP contribution in [0.15, 0.2) is 48.5 Å². The molecule has 0 saturated carbocycles. The summed E-state index contributed by atoms with van der Waals surface area (Å²) in [7, 11) is 0. The van der Waals surface area contributed by atoms with Crippen molar-refractivity contribution in [3.8, 4) is 11.3 Å². The molecule has 0 saturated heterocycles. The number of carbonyl (C=O) groups excluding carboxylic acids is 1. The first-order valence-electron chi connectivity index (χ1n) is 7.40. The number of non-ortho nitro benzene ring substituents is 2. The number of hydrogen-bond acceptors (Lipinski definition) is 6. The number of nitrogens with one attached hydrogen (secondary N) is 2. The molecule has 1 heterocycles. The summed E-state index contributed by atoms with van der Waals surface area (Å²) in [5.41, 5.74) is 0.510. The summed E-state index contributed by atoms with van der Waals surface area (Å²) in [5, 5.41) is 30.8. The number of amides is 1. The van der Waals surface area contributed by atoms with Crippen LogP contribution in [0.1, 0.15) is 10.4 Å². The minimum atomic E-state index is -0.680. The van der Waals surface area contributed by atoms with Crippen LogP contribution in [0.2, 0.25) is 5.02 Å². The Hall–Kier alpha value is -3.79. The number of nitrogens with zero attached hydrogens (tertiary/aromatic N) is 3. The number of hydrogen-bond donors (Lipinski definition) is 2. The highest BCUT2D eigenvalue weighted by molar-refractivity contribution is 6.34. The van der Waals surface area contributed by atoms with Crippen LogP contribution in [-0.4, -0.2) is 26.0 Å².